The van der Waals surface area contributed by atoms with E-state index in [2.05, 4.69) is 5.32 Å². The number of benzene rings is 1. The predicted octanol–water partition coefficient (Wildman–Crippen LogP) is 3.02. The fraction of sp³-hybridized carbons (Fsp3) is 0.562. The van der Waals surface area contributed by atoms with Gasteiger partial charge < -0.3 is 15.6 Å². The summed E-state index contributed by atoms with van der Waals surface area (Å²) in [5, 5.41) is 12.6. The van der Waals surface area contributed by atoms with Crippen LogP contribution in [0.1, 0.15) is 39.2 Å². The van der Waals surface area contributed by atoms with Crippen LogP contribution in [0.15, 0.2) is 18.2 Å². The van der Waals surface area contributed by atoms with Crippen molar-refractivity contribution in [3.05, 3.63) is 23.8 Å². The van der Waals surface area contributed by atoms with Crippen LogP contribution in [0.25, 0.3) is 0 Å². The number of phenolic OH excluding ortho intramolecular Hbond substituents is 1. The number of phenols is 1. The topological polar surface area (TPSA) is 84.6 Å². The van der Waals surface area contributed by atoms with E-state index in [9.17, 15) is 9.90 Å². The van der Waals surface area contributed by atoms with Crippen molar-refractivity contribution in [2.45, 2.75) is 45.6 Å². The largest absolute Gasteiger partial charge is 0.506 e. The Kier molecular flexibility index (Phi) is 4.14. The zero-order chi connectivity index (χ0) is 15.7. The first kappa shape index (κ1) is 15.6. The van der Waals surface area contributed by atoms with Gasteiger partial charge in [0.2, 0.25) is 0 Å². The second kappa shape index (κ2) is 5.56. The van der Waals surface area contributed by atoms with Gasteiger partial charge in [0.1, 0.15) is 11.4 Å². The van der Waals surface area contributed by atoms with Gasteiger partial charge in [0.25, 0.3) is 0 Å². The van der Waals surface area contributed by atoms with Gasteiger partial charge in [-0.15, -0.1) is 0 Å². The van der Waals surface area contributed by atoms with Crippen molar-refractivity contribution in [3.63, 3.8) is 0 Å². The monoisotopic (exact) mass is 292 g/mol. The highest BCUT2D eigenvalue weighted by Crippen LogP contribution is 2.47. The van der Waals surface area contributed by atoms with Crippen LogP contribution in [-0.2, 0) is 11.2 Å². The third kappa shape index (κ3) is 4.36. The van der Waals surface area contributed by atoms with E-state index < -0.39 is 11.7 Å². The van der Waals surface area contributed by atoms with Gasteiger partial charge in [-0.1, -0.05) is 6.07 Å². The van der Waals surface area contributed by atoms with Gasteiger partial charge in [-0.2, -0.15) is 0 Å². The summed E-state index contributed by atoms with van der Waals surface area (Å²) in [5.74, 6) is 0.0474. The number of hydrogen-bond donors (Lipinski definition) is 3. The fourth-order valence-corrected chi connectivity index (χ4v) is 2.27. The molecular weight excluding hydrogens is 268 g/mol. The summed E-state index contributed by atoms with van der Waals surface area (Å²) in [5.41, 5.74) is 6.80. The second-order valence-electron chi connectivity index (χ2n) is 6.86. The highest BCUT2D eigenvalue weighted by molar-refractivity contribution is 5.86. The van der Waals surface area contributed by atoms with E-state index in [0.717, 1.165) is 24.8 Å². The molecule has 0 aromatic heterocycles. The minimum Gasteiger partial charge on any atom is -0.506 e. The maximum Gasteiger partial charge on any atom is 0.412 e. The summed E-state index contributed by atoms with van der Waals surface area (Å²) in [7, 11) is 0. The van der Waals surface area contributed by atoms with Crippen molar-refractivity contribution in [2.24, 2.45) is 11.1 Å². The van der Waals surface area contributed by atoms with Crippen LogP contribution in [0.2, 0.25) is 0 Å². The Balaban J connectivity index is 2.01. The molecule has 5 heteroatoms. The Morgan fingerprint density at radius 2 is 2.10 bits per heavy atom. The number of aromatic hydroxyl groups is 1. The smallest absolute Gasteiger partial charge is 0.412 e. The van der Waals surface area contributed by atoms with E-state index in [0.29, 0.717) is 12.2 Å². The standard InChI is InChI=1S/C16H24N2O3/c1-15(2,3)21-14(20)18-12-5-4-11(8-13(12)19)9-16(10-17)6-7-16/h4-5,8,19H,6-7,9-10,17H2,1-3H3,(H,18,20). The minimum atomic E-state index is -0.578. The van der Waals surface area contributed by atoms with Crippen molar-refractivity contribution in [2.75, 3.05) is 11.9 Å². The molecule has 21 heavy (non-hydrogen) atoms. The number of anilines is 1. The number of amides is 1. The van der Waals surface area contributed by atoms with Gasteiger partial charge in [-0.3, -0.25) is 5.32 Å². The molecule has 1 fully saturated rings. The molecule has 0 radical (unpaired) electrons. The summed E-state index contributed by atoms with van der Waals surface area (Å²) < 4.78 is 5.16. The molecule has 1 aliphatic rings. The van der Waals surface area contributed by atoms with Crippen LogP contribution in [0.5, 0.6) is 5.75 Å². The number of carbonyl (C=O) groups is 1. The zero-order valence-corrected chi connectivity index (χ0v) is 12.9. The summed E-state index contributed by atoms with van der Waals surface area (Å²) in [4.78, 5) is 11.7. The van der Waals surface area contributed by atoms with E-state index >= 15 is 0 Å². The van der Waals surface area contributed by atoms with E-state index in [1.807, 2.05) is 6.07 Å². The zero-order valence-electron chi connectivity index (χ0n) is 12.9. The molecule has 0 heterocycles. The molecule has 4 N–H and O–H groups in total. The van der Waals surface area contributed by atoms with Gasteiger partial charge >= 0.3 is 6.09 Å². The summed E-state index contributed by atoms with van der Waals surface area (Å²) in [6, 6.07) is 5.28. The SMILES string of the molecule is CC(C)(C)OC(=O)Nc1ccc(CC2(CN)CC2)cc1O. The predicted molar refractivity (Wildman–Crippen MR) is 82.4 cm³/mol. The third-order valence-corrected chi connectivity index (χ3v) is 3.67. The van der Waals surface area contributed by atoms with Gasteiger partial charge in [-0.05, 0) is 69.7 Å². The van der Waals surface area contributed by atoms with Crippen LogP contribution < -0.4 is 11.1 Å². The van der Waals surface area contributed by atoms with Crippen LogP contribution in [0.3, 0.4) is 0 Å². The van der Waals surface area contributed by atoms with Crippen LogP contribution in [0.4, 0.5) is 10.5 Å². The lowest BCUT2D eigenvalue weighted by molar-refractivity contribution is 0.0635. The van der Waals surface area contributed by atoms with Crippen LogP contribution in [-0.4, -0.2) is 23.3 Å². The summed E-state index contributed by atoms with van der Waals surface area (Å²) in [6.45, 7) is 6.04. The van der Waals surface area contributed by atoms with Crippen molar-refractivity contribution in [3.8, 4) is 5.75 Å². The molecule has 116 valence electrons. The lowest BCUT2D eigenvalue weighted by Gasteiger charge is -2.20. The Labute approximate surface area is 125 Å². The minimum absolute atomic E-state index is 0.0474. The van der Waals surface area contributed by atoms with Gasteiger partial charge in [0.15, 0.2) is 0 Å². The van der Waals surface area contributed by atoms with E-state index in [4.69, 9.17) is 10.5 Å². The number of rotatable bonds is 4. The molecule has 0 bridgehead atoms. The summed E-state index contributed by atoms with van der Waals surface area (Å²) in [6.07, 6.45) is 2.57. The second-order valence-corrected chi connectivity index (χ2v) is 6.86. The van der Waals surface area contributed by atoms with Crippen molar-refractivity contribution in [1.29, 1.82) is 0 Å². The molecule has 0 unspecified atom stereocenters. The Bertz CT molecular complexity index is 531. The number of carbonyl (C=O) groups excluding carboxylic acids is 1. The third-order valence-electron chi connectivity index (χ3n) is 3.67. The van der Waals surface area contributed by atoms with Crippen molar-refractivity contribution < 1.29 is 14.6 Å². The average Bonchev–Trinajstić information content (AvgIpc) is 3.11. The first-order valence-corrected chi connectivity index (χ1v) is 7.25. The molecule has 1 aliphatic carbocycles. The van der Waals surface area contributed by atoms with E-state index in [-0.39, 0.29) is 11.2 Å². The maximum atomic E-state index is 11.7. The molecule has 0 atom stereocenters. The van der Waals surface area contributed by atoms with Gasteiger partial charge in [0, 0.05) is 0 Å². The molecule has 2 rings (SSSR count). The van der Waals surface area contributed by atoms with E-state index in [1.54, 1.807) is 32.9 Å². The molecular formula is C16H24N2O3. The summed E-state index contributed by atoms with van der Waals surface area (Å²) >= 11 is 0. The highest BCUT2D eigenvalue weighted by atomic mass is 16.6. The Morgan fingerprint density at radius 3 is 2.57 bits per heavy atom. The first-order valence-electron chi connectivity index (χ1n) is 7.25. The molecule has 0 spiro atoms. The molecule has 1 aromatic carbocycles. The van der Waals surface area contributed by atoms with Crippen molar-refractivity contribution >= 4 is 11.8 Å². The molecule has 0 aliphatic heterocycles. The number of nitrogens with two attached hydrogens (primary N) is 1. The quantitative estimate of drug-likeness (QED) is 0.745. The van der Waals surface area contributed by atoms with E-state index in [1.165, 1.54) is 0 Å². The molecule has 5 nitrogen and oxygen atoms in total. The number of nitrogens with one attached hydrogen (secondary N) is 1. The molecule has 0 saturated heterocycles. The molecule has 1 amide bonds. The van der Waals surface area contributed by atoms with Crippen LogP contribution in [0, 0.1) is 5.41 Å². The van der Waals surface area contributed by atoms with Gasteiger partial charge in [0.05, 0.1) is 5.69 Å². The van der Waals surface area contributed by atoms with Crippen molar-refractivity contribution in [1.82, 2.24) is 0 Å². The average molecular weight is 292 g/mol. The first-order chi connectivity index (χ1) is 9.73. The number of hydrogen-bond acceptors (Lipinski definition) is 4. The van der Waals surface area contributed by atoms with Crippen LogP contribution >= 0.6 is 0 Å². The molecule has 1 aromatic rings. The maximum absolute atomic E-state index is 11.7. The highest BCUT2D eigenvalue weighted by Gasteiger charge is 2.40. The Morgan fingerprint density at radius 1 is 1.43 bits per heavy atom. The lowest BCUT2D eigenvalue weighted by Crippen LogP contribution is -2.27. The van der Waals surface area contributed by atoms with Gasteiger partial charge in [-0.25, -0.2) is 4.79 Å². The lowest BCUT2D eigenvalue weighted by atomic mass is 9.96. The Hall–Kier alpha value is -1.75. The fourth-order valence-electron chi connectivity index (χ4n) is 2.27. The normalized spacial score (nSPS) is 16.4. The number of ether oxygens (including phenoxy) is 1. The molecule has 1 saturated carbocycles.